The fourth-order valence-electron chi connectivity index (χ4n) is 1.59. The van der Waals surface area contributed by atoms with Gasteiger partial charge in [0.15, 0.2) is 0 Å². The largest absolute Gasteiger partial charge is 0.346 e. The molecule has 0 spiro atoms. The van der Waals surface area contributed by atoms with Crippen LogP contribution in [-0.2, 0) is 6.42 Å². The summed E-state index contributed by atoms with van der Waals surface area (Å²) in [6, 6.07) is 6.31. The molecule has 0 aliphatic rings. The van der Waals surface area contributed by atoms with Crippen molar-refractivity contribution in [3.8, 4) is 0 Å². The standard InChI is InChI=1S/C12H16N2/c1-3-9(2)8-11-5-4-10-6-7-13-12(10)14-11/h4-7,9H,3,8H2,1-2H3,(H,13,14). The first-order chi connectivity index (χ1) is 6.79. The van der Waals surface area contributed by atoms with E-state index in [0.717, 1.165) is 18.0 Å². The second kappa shape index (κ2) is 3.82. The minimum Gasteiger partial charge on any atom is -0.346 e. The van der Waals surface area contributed by atoms with Crippen molar-refractivity contribution in [3.05, 3.63) is 30.1 Å². The fourth-order valence-corrected chi connectivity index (χ4v) is 1.59. The van der Waals surface area contributed by atoms with E-state index < -0.39 is 0 Å². The molecule has 1 atom stereocenters. The third-order valence-electron chi connectivity index (χ3n) is 2.72. The molecule has 1 N–H and O–H groups in total. The van der Waals surface area contributed by atoms with Gasteiger partial charge in [-0.1, -0.05) is 20.3 Å². The molecule has 0 saturated heterocycles. The van der Waals surface area contributed by atoms with E-state index in [1.54, 1.807) is 0 Å². The Labute approximate surface area is 84.4 Å². The van der Waals surface area contributed by atoms with E-state index in [9.17, 15) is 0 Å². The van der Waals surface area contributed by atoms with Crippen LogP contribution >= 0.6 is 0 Å². The molecule has 1 unspecified atom stereocenters. The molecule has 74 valence electrons. The van der Waals surface area contributed by atoms with Crippen LogP contribution in [0.3, 0.4) is 0 Å². The molecule has 14 heavy (non-hydrogen) atoms. The summed E-state index contributed by atoms with van der Waals surface area (Å²) in [5.41, 5.74) is 2.19. The van der Waals surface area contributed by atoms with Crippen LogP contribution in [0.15, 0.2) is 24.4 Å². The Balaban J connectivity index is 2.25. The molecule has 2 heteroatoms. The smallest absolute Gasteiger partial charge is 0.137 e. The second-order valence-corrected chi connectivity index (χ2v) is 3.94. The summed E-state index contributed by atoms with van der Waals surface area (Å²) in [5.74, 6) is 0.718. The van der Waals surface area contributed by atoms with Gasteiger partial charge in [-0.2, -0.15) is 0 Å². The molecule has 0 amide bonds. The summed E-state index contributed by atoms with van der Waals surface area (Å²) in [5, 5.41) is 1.19. The molecule has 0 aliphatic carbocycles. The van der Waals surface area contributed by atoms with Crippen LogP contribution < -0.4 is 0 Å². The molecule has 2 aromatic rings. The lowest BCUT2D eigenvalue weighted by Gasteiger charge is -2.06. The molecule has 0 saturated carbocycles. The van der Waals surface area contributed by atoms with E-state index in [4.69, 9.17) is 0 Å². The average molecular weight is 188 g/mol. The normalized spacial score (nSPS) is 13.3. The van der Waals surface area contributed by atoms with Gasteiger partial charge < -0.3 is 4.98 Å². The molecule has 0 aromatic carbocycles. The van der Waals surface area contributed by atoms with Crippen LogP contribution in [0, 0.1) is 5.92 Å². The highest BCUT2D eigenvalue weighted by atomic mass is 14.8. The zero-order valence-electron chi connectivity index (χ0n) is 8.75. The van der Waals surface area contributed by atoms with Gasteiger partial charge in [0.2, 0.25) is 0 Å². The molecule has 0 radical (unpaired) electrons. The lowest BCUT2D eigenvalue weighted by molar-refractivity contribution is 0.553. The predicted molar refractivity (Wildman–Crippen MR) is 59.3 cm³/mol. The number of nitrogens with zero attached hydrogens (tertiary/aromatic N) is 1. The number of pyridine rings is 1. The van der Waals surface area contributed by atoms with Crippen LogP contribution in [-0.4, -0.2) is 9.97 Å². The summed E-state index contributed by atoms with van der Waals surface area (Å²) in [6.45, 7) is 4.48. The molecular formula is C12H16N2. The molecule has 2 aromatic heterocycles. The predicted octanol–water partition coefficient (Wildman–Crippen LogP) is 3.15. The van der Waals surface area contributed by atoms with E-state index >= 15 is 0 Å². The van der Waals surface area contributed by atoms with Crippen molar-refractivity contribution in [2.24, 2.45) is 5.92 Å². The van der Waals surface area contributed by atoms with Crippen LogP contribution in [0.25, 0.3) is 11.0 Å². The van der Waals surface area contributed by atoms with Crippen molar-refractivity contribution in [2.75, 3.05) is 0 Å². The summed E-state index contributed by atoms with van der Waals surface area (Å²) >= 11 is 0. The van der Waals surface area contributed by atoms with Gasteiger partial charge in [0.05, 0.1) is 0 Å². The molecule has 0 fully saturated rings. The molecule has 2 heterocycles. The van der Waals surface area contributed by atoms with Crippen LogP contribution in [0.1, 0.15) is 26.0 Å². The quantitative estimate of drug-likeness (QED) is 0.787. The first kappa shape index (κ1) is 9.25. The maximum atomic E-state index is 4.57. The van der Waals surface area contributed by atoms with Crippen molar-refractivity contribution in [1.29, 1.82) is 0 Å². The second-order valence-electron chi connectivity index (χ2n) is 3.94. The van der Waals surface area contributed by atoms with Crippen molar-refractivity contribution in [1.82, 2.24) is 9.97 Å². The topological polar surface area (TPSA) is 28.7 Å². The number of aromatic amines is 1. The molecular weight excluding hydrogens is 172 g/mol. The number of nitrogens with one attached hydrogen (secondary N) is 1. The van der Waals surface area contributed by atoms with E-state index in [1.807, 2.05) is 6.20 Å². The lowest BCUT2D eigenvalue weighted by Crippen LogP contribution is -1.99. The monoisotopic (exact) mass is 188 g/mol. The van der Waals surface area contributed by atoms with Gasteiger partial charge in [0.1, 0.15) is 5.65 Å². The van der Waals surface area contributed by atoms with Crippen molar-refractivity contribution in [2.45, 2.75) is 26.7 Å². The first-order valence-electron chi connectivity index (χ1n) is 5.22. The summed E-state index contributed by atoms with van der Waals surface area (Å²) in [6.07, 6.45) is 4.22. The Morgan fingerprint density at radius 3 is 3.00 bits per heavy atom. The fraction of sp³-hybridized carbons (Fsp3) is 0.417. The van der Waals surface area contributed by atoms with E-state index in [1.165, 1.54) is 17.5 Å². The third-order valence-corrected chi connectivity index (χ3v) is 2.72. The molecule has 2 rings (SSSR count). The lowest BCUT2D eigenvalue weighted by atomic mass is 10.0. The van der Waals surface area contributed by atoms with Gasteiger partial charge >= 0.3 is 0 Å². The average Bonchev–Trinajstić information content (AvgIpc) is 2.64. The number of hydrogen-bond acceptors (Lipinski definition) is 1. The van der Waals surface area contributed by atoms with Crippen LogP contribution in [0.4, 0.5) is 0 Å². The molecule has 0 aliphatic heterocycles. The molecule has 0 bridgehead atoms. The Hall–Kier alpha value is -1.31. The SMILES string of the molecule is CCC(C)Cc1ccc2cc[nH]c2n1. The van der Waals surface area contributed by atoms with Gasteiger partial charge in [-0.15, -0.1) is 0 Å². The Morgan fingerprint density at radius 1 is 1.36 bits per heavy atom. The number of rotatable bonds is 3. The number of H-pyrrole nitrogens is 1. The Morgan fingerprint density at radius 2 is 2.21 bits per heavy atom. The van der Waals surface area contributed by atoms with Gasteiger partial charge in [-0.25, -0.2) is 4.98 Å². The zero-order chi connectivity index (χ0) is 9.97. The maximum absolute atomic E-state index is 4.57. The Kier molecular flexibility index (Phi) is 2.53. The third kappa shape index (κ3) is 1.79. The first-order valence-corrected chi connectivity index (χ1v) is 5.22. The van der Waals surface area contributed by atoms with Crippen molar-refractivity contribution in [3.63, 3.8) is 0 Å². The van der Waals surface area contributed by atoms with Gasteiger partial charge in [0.25, 0.3) is 0 Å². The van der Waals surface area contributed by atoms with Crippen LogP contribution in [0.2, 0.25) is 0 Å². The number of fused-ring (bicyclic) bond motifs is 1. The van der Waals surface area contributed by atoms with Gasteiger partial charge in [-0.3, -0.25) is 0 Å². The minimum absolute atomic E-state index is 0.718. The maximum Gasteiger partial charge on any atom is 0.137 e. The van der Waals surface area contributed by atoms with E-state index in [2.05, 4.69) is 42.0 Å². The van der Waals surface area contributed by atoms with E-state index in [0.29, 0.717) is 0 Å². The summed E-state index contributed by atoms with van der Waals surface area (Å²) in [7, 11) is 0. The number of hydrogen-bond donors (Lipinski definition) is 1. The van der Waals surface area contributed by atoms with Crippen molar-refractivity contribution >= 4 is 11.0 Å². The highest BCUT2D eigenvalue weighted by Gasteiger charge is 2.03. The number of aromatic nitrogens is 2. The van der Waals surface area contributed by atoms with Crippen molar-refractivity contribution < 1.29 is 0 Å². The summed E-state index contributed by atoms with van der Waals surface area (Å²) in [4.78, 5) is 7.71. The zero-order valence-corrected chi connectivity index (χ0v) is 8.75. The Bertz CT molecular complexity index is 417. The minimum atomic E-state index is 0.718. The van der Waals surface area contributed by atoms with Gasteiger partial charge in [-0.05, 0) is 30.5 Å². The van der Waals surface area contributed by atoms with E-state index in [-0.39, 0.29) is 0 Å². The van der Waals surface area contributed by atoms with Crippen LogP contribution in [0.5, 0.6) is 0 Å². The highest BCUT2D eigenvalue weighted by molar-refractivity contribution is 5.75. The molecule has 2 nitrogen and oxygen atoms in total. The highest BCUT2D eigenvalue weighted by Crippen LogP contribution is 2.14. The summed E-state index contributed by atoms with van der Waals surface area (Å²) < 4.78 is 0. The van der Waals surface area contributed by atoms with Gasteiger partial charge in [0, 0.05) is 17.3 Å².